The number of hydrogen-bond acceptors (Lipinski definition) is 2. The van der Waals surface area contributed by atoms with E-state index in [0.29, 0.717) is 6.23 Å². The van der Waals surface area contributed by atoms with Crippen LogP contribution in [0.5, 0.6) is 0 Å². The lowest BCUT2D eigenvalue weighted by Gasteiger charge is -2.32. The highest BCUT2D eigenvalue weighted by molar-refractivity contribution is 4.90. The zero-order valence-corrected chi connectivity index (χ0v) is 8.34. The van der Waals surface area contributed by atoms with Gasteiger partial charge in [-0.25, -0.2) is 0 Å². The van der Waals surface area contributed by atoms with Crippen LogP contribution in [0.2, 0.25) is 0 Å². The third-order valence-electron chi connectivity index (χ3n) is 2.91. The molecule has 2 atom stereocenters. The molecule has 0 saturated carbocycles. The summed E-state index contributed by atoms with van der Waals surface area (Å²) < 4.78 is 5.81. The van der Waals surface area contributed by atoms with Crippen LogP contribution in [0.15, 0.2) is 0 Å². The van der Waals surface area contributed by atoms with Crippen LogP contribution < -0.4 is 0 Å². The van der Waals surface area contributed by atoms with E-state index in [9.17, 15) is 0 Å². The molecule has 2 heteroatoms. The SMILES string of the molecule is CC(C)(C)C1OCC2CCCN21. The van der Waals surface area contributed by atoms with Crippen molar-refractivity contribution in [2.75, 3.05) is 13.2 Å². The monoisotopic (exact) mass is 169 g/mol. The number of nitrogens with zero attached hydrogens (tertiary/aromatic N) is 1. The molecule has 70 valence electrons. The molecule has 2 saturated heterocycles. The van der Waals surface area contributed by atoms with E-state index in [2.05, 4.69) is 25.7 Å². The minimum atomic E-state index is 0.277. The lowest BCUT2D eigenvalue weighted by Crippen LogP contribution is -2.41. The van der Waals surface area contributed by atoms with Gasteiger partial charge in [0.15, 0.2) is 0 Å². The van der Waals surface area contributed by atoms with E-state index >= 15 is 0 Å². The molecule has 0 bridgehead atoms. The van der Waals surface area contributed by atoms with Gasteiger partial charge < -0.3 is 4.74 Å². The van der Waals surface area contributed by atoms with Gasteiger partial charge in [0, 0.05) is 18.0 Å². The van der Waals surface area contributed by atoms with E-state index in [1.165, 1.54) is 19.4 Å². The highest BCUT2D eigenvalue weighted by atomic mass is 16.5. The second-order valence-corrected chi connectivity index (χ2v) is 5.09. The quantitative estimate of drug-likeness (QED) is 0.549. The van der Waals surface area contributed by atoms with Crippen molar-refractivity contribution in [3.63, 3.8) is 0 Å². The van der Waals surface area contributed by atoms with Crippen molar-refractivity contribution in [3.05, 3.63) is 0 Å². The molecule has 12 heavy (non-hydrogen) atoms. The largest absolute Gasteiger partial charge is 0.361 e. The molecule has 0 N–H and O–H groups in total. The van der Waals surface area contributed by atoms with Gasteiger partial charge in [-0.1, -0.05) is 20.8 Å². The normalized spacial score (nSPS) is 37.2. The Balaban J connectivity index is 2.09. The van der Waals surface area contributed by atoms with Gasteiger partial charge in [-0.05, 0) is 12.8 Å². The first kappa shape index (κ1) is 8.52. The molecule has 2 aliphatic rings. The molecule has 0 aromatic heterocycles. The molecular formula is C10H19NO. The Morgan fingerprint density at radius 2 is 2.08 bits per heavy atom. The highest BCUT2D eigenvalue weighted by Crippen LogP contribution is 2.35. The maximum absolute atomic E-state index is 5.81. The van der Waals surface area contributed by atoms with E-state index in [4.69, 9.17) is 4.74 Å². The average Bonchev–Trinajstić information content (AvgIpc) is 2.37. The van der Waals surface area contributed by atoms with E-state index in [1.54, 1.807) is 0 Å². The Morgan fingerprint density at radius 3 is 2.75 bits per heavy atom. The van der Waals surface area contributed by atoms with Crippen LogP contribution in [0, 0.1) is 5.41 Å². The van der Waals surface area contributed by atoms with Crippen LogP contribution in [-0.2, 0) is 4.74 Å². The lowest BCUT2D eigenvalue weighted by molar-refractivity contribution is -0.0437. The van der Waals surface area contributed by atoms with Gasteiger partial charge in [0.1, 0.15) is 6.23 Å². The smallest absolute Gasteiger partial charge is 0.115 e. The lowest BCUT2D eigenvalue weighted by atomic mass is 9.93. The van der Waals surface area contributed by atoms with Gasteiger partial charge in [-0.15, -0.1) is 0 Å². The van der Waals surface area contributed by atoms with Crippen LogP contribution in [0.1, 0.15) is 33.6 Å². The van der Waals surface area contributed by atoms with E-state index < -0.39 is 0 Å². The summed E-state index contributed by atoms with van der Waals surface area (Å²) in [4.78, 5) is 2.54. The minimum Gasteiger partial charge on any atom is -0.361 e. The van der Waals surface area contributed by atoms with Gasteiger partial charge in [-0.3, -0.25) is 4.90 Å². The fraction of sp³-hybridized carbons (Fsp3) is 1.00. The molecule has 2 heterocycles. The van der Waals surface area contributed by atoms with Gasteiger partial charge >= 0.3 is 0 Å². The minimum absolute atomic E-state index is 0.277. The maximum atomic E-state index is 5.81. The van der Waals surface area contributed by atoms with Crippen molar-refractivity contribution >= 4 is 0 Å². The van der Waals surface area contributed by atoms with Crippen LogP contribution >= 0.6 is 0 Å². The standard InChI is InChI=1S/C10H19NO/c1-10(2,3)9-11-6-4-5-8(11)7-12-9/h8-9H,4-7H2,1-3H3. The maximum Gasteiger partial charge on any atom is 0.115 e. The molecule has 0 aromatic rings. The Morgan fingerprint density at radius 1 is 1.33 bits per heavy atom. The number of rotatable bonds is 0. The predicted octanol–water partition coefficient (Wildman–Crippen LogP) is 1.85. The Kier molecular flexibility index (Phi) is 1.92. The highest BCUT2D eigenvalue weighted by Gasteiger charge is 2.42. The van der Waals surface area contributed by atoms with Crippen molar-refractivity contribution in [3.8, 4) is 0 Å². The Bertz CT molecular complexity index is 173. The first-order valence-electron chi connectivity index (χ1n) is 4.96. The molecule has 0 radical (unpaired) electrons. The number of hydrogen-bond donors (Lipinski definition) is 0. The summed E-state index contributed by atoms with van der Waals surface area (Å²) in [5.41, 5.74) is 0.277. The number of fused-ring (bicyclic) bond motifs is 1. The molecule has 0 aromatic carbocycles. The van der Waals surface area contributed by atoms with Gasteiger partial charge in [-0.2, -0.15) is 0 Å². The van der Waals surface area contributed by atoms with E-state index in [-0.39, 0.29) is 5.41 Å². The third-order valence-corrected chi connectivity index (χ3v) is 2.91. The second-order valence-electron chi connectivity index (χ2n) is 5.09. The van der Waals surface area contributed by atoms with Crippen molar-refractivity contribution in [1.29, 1.82) is 0 Å². The first-order chi connectivity index (χ1) is 5.59. The van der Waals surface area contributed by atoms with Gasteiger partial charge in [0.2, 0.25) is 0 Å². The summed E-state index contributed by atoms with van der Waals surface area (Å²) in [5.74, 6) is 0. The Hall–Kier alpha value is -0.0800. The molecule has 2 rings (SSSR count). The fourth-order valence-electron chi connectivity index (χ4n) is 2.39. The van der Waals surface area contributed by atoms with Gasteiger partial charge in [0.25, 0.3) is 0 Å². The van der Waals surface area contributed by atoms with Crippen LogP contribution in [-0.4, -0.2) is 30.3 Å². The fourth-order valence-corrected chi connectivity index (χ4v) is 2.39. The Labute approximate surface area is 74.9 Å². The third kappa shape index (κ3) is 1.27. The van der Waals surface area contributed by atoms with Crippen LogP contribution in [0.4, 0.5) is 0 Å². The second kappa shape index (κ2) is 2.71. The van der Waals surface area contributed by atoms with Crippen molar-refractivity contribution in [2.24, 2.45) is 5.41 Å². The zero-order chi connectivity index (χ0) is 8.77. The van der Waals surface area contributed by atoms with Crippen LogP contribution in [0.3, 0.4) is 0 Å². The molecule has 0 amide bonds. The molecular weight excluding hydrogens is 150 g/mol. The van der Waals surface area contributed by atoms with Crippen LogP contribution in [0.25, 0.3) is 0 Å². The van der Waals surface area contributed by atoms with Crippen molar-refractivity contribution < 1.29 is 4.74 Å². The zero-order valence-electron chi connectivity index (χ0n) is 8.34. The summed E-state index contributed by atoms with van der Waals surface area (Å²) in [6.45, 7) is 8.99. The molecule has 0 spiro atoms. The van der Waals surface area contributed by atoms with Gasteiger partial charge in [0.05, 0.1) is 6.61 Å². The molecule has 2 aliphatic heterocycles. The van der Waals surface area contributed by atoms with Crippen molar-refractivity contribution in [1.82, 2.24) is 4.90 Å². The first-order valence-corrected chi connectivity index (χ1v) is 4.96. The molecule has 2 unspecified atom stereocenters. The summed E-state index contributed by atoms with van der Waals surface area (Å²) in [5, 5.41) is 0. The molecule has 0 aliphatic carbocycles. The summed E-state index contributed by atoms with van der Waals surface area (Å²) in [7, 11) is 0. The predicted molar refractivity (Wildman–Crippen MR) is 48.9 cm³/mol. The molecule has 2 fully saturated rings. The average molecular weight is 169 g/mol. The number of ether oxygens (including phenoxy) is 1. The summed E-state index contributed by atoms with van der Waals surface area (Å²) >= 11 is 0. The van der Waals surface area contributed by atoms with E-state index in [1.807, 2.05) is 0 Å². The summed E-state index contributed by atoms with van der Waals surface area (Å²) in [6, 6.07) is 0.731. The summed E-state index contributed by atoms with van der Waals surface area (Å²) in [6.07, 6.45) is 3.07. The molecule has 2 nitrogen and oxygen atoms in total. The topological polar surface area (TPSA) is 12.5 Å². The van der Waals surface area contributed by atoms with E-state index in [0.717, 1.165) is 12.6 Å². The van der Waals surface area contributed by atoms with Crippen molar-refractivity contribution in [2.45, 2.75) is 45.9 Å².